The van der Waals surface area contributed by atoms with Crippen molar-refractivity contribution in [3.8, 4) is 0 Å². The minimum Gasteiger partial charge on any atom is -0.477 e. The van der Waals surface area contributed by atoms with E-state index in [1.807, 2.05) is 13.1 Å². The molecule has 0 saturated heterocycles. The molecule has 1 heterocycles. The number of carboxylic acids is 1. The number of amidine groups is 1. The molecule has 0 amide bonds. The van der Waals surface area contributed by atoms with E-state index in [0.717, 1.165) is 25.1 Å². The molecular formula is C20H36N3O2+. The van der Waals surface area contributed by atoms with E-state index in [0.29, 0.717) is 0 Å². The van der Waals surface area contributed by atoms with Gasteiger partial charge in [0.2, 0.25) is 5.84 Å². The molecule has 25 heavy (non-hydrogen) atoms. The summed E-state index contributed by atoms with van der Waals surface area (Å²) in [5, 5.41) is 9.20. The number of carbonyl (C=O) groups is 1. The fourth-order valence-corrected chi connectivity index (χ4v) is 3.22. The first-order valence-electron chi connectivity index (χ1n) is 9.77. The number of hydrogen-bond donors (Lipinski definition) is 2. The molecule has 2 unspecified atom stereocenters. The van der Waals surface area contributed by atoms with Crippen LogP contribution >= 0.6 is 0 Å². The van der Waals surface area contributed by atoms with Gasteiger partial charge in [0.25, 0.3) is 0 Å². The number of aliphatic carboxylic acids is 1. The fraction of sp³-hybridized carbons (Fsp3) is 0.700. The van der Waals surface area contributed by atoms with Crippen molar-refractivity contribution in [1.29, 1.82) is 0 Å². The third-order valence-electron chi connectivity index (χ3n) is 4.82. The van der Waals surface area contributed by atoms with Crippen LogP contribution in [0.4, 0.5) is 0 Å². The number of quaternary nitrogens is 1. The Kier molecular flexibility index (Phi) is 10.3. The second kappa shape index (κ2) is 12.0. The summed E-state index contributed by atoms with van der Waals surface area (Å²) in [6.07, 6.45) is 19.5. The van der Waals surface area contributed by atoms with E-state index >= 15 is 0 Å². The molecule has 0 fully saturated rings. The number of nitrogens with zero attached hydrogens (tertiary/aromatic N) is 2. The van der Waals surface area contributed by atoms with Gasteiger partial charge in [0, 0.05) is 13.3 Å². The quantitative estimate of drug-likeness (QED) is 0.274. The zero-order chi connectivity index (χ0) is 18.5. The van der Waals surface area contributed by atoms with Crippen LogP contribution in [0.5, 0.6) is 0 Å². The number of unbranched alkanes of at least 4 members (excludes halogenated alkanes) is 7. The molecule has 3 N–H and O–H groups in total. The van der Waals surface area contributed by atoms with Crippen LogP contribution in [0.25, 0.3) is 0 Å². The number of aliphatic imine (C=N–C) groups is 1. The summed E-state index contributed by atoms with van der Waals surface area (Å²) in [6.45, 7) is 4.04. The van der Waals surface area contributed by atoms with Crippen LogP contribution < -0.4 is 5.73 Å². The predicted octanol–water partition coefficient (Wildman–Crippen LogP) is 4.55. The topological polar surface area (TPSA) is 75.7 Å². The molecule has 2 atom stereocenters. The maximum absolute atomic E-state index is 11.2. The van der Waals surface area contributed by atoms with E-state index in [-0.39, 0.29) is 17.2 Å². The smallest absolute Gasteiger partial charge is 0.360 e. The molecule has 1 aliphatic rings. The Hall–Kier alpha value is -1.46. The van der Waals surface area contributed by atoms with Crippen LogP contribution in [0.15, 0.2) is 29.5 Å². The van der Waals surface area contributed by atoms with Crippen molar-refractivity contribution in [2.45, 2.75) is 84.2 Å². The van der Waals surface area contributed by atoms with Gasteiger partial charge in [-0.05, 0) is 25.7 Å². The zero-order valence-corrected chi connectivity index (χ0v) is 16.0. The van der Waals surface area contributed by atoms with Crippen LogP contribution in [0.1, 0.15) is 78.1 Å². The molecule has 1 aliphatic heterocycles. The Morgan fingerprint density at radius 1 is 1.20 bits per heavy atom. The predicted molar refractivity (Wildman–Crippen MR) is 104 cm³/mol. The summed E-state index contributed by atoms with van der Waals surface area (Å²) in [4.78, 5) is 15.6. The van der Waals surface area contributed by atoms with Gasteiger partial charge in [-0.2, -0.15) is 0 Å². The molecule has 5 heteroatoms. The zero-order valence-electron chi connectivity index (χ0n) is 16.0. The molecule has 0 spiro atoms. The van der Waals surface area contributed by atoms with Gasteiger partial charge >= 0.3 is 5.97 Å². The SMILES string of the molecule is CCCC/C=C/CCCCCCCC1=NC=C[N+]1(CC(=O)O)C(C)N. The van der Waals surface area contributed by atoms with Crippen molar-refractivity contribution in [3.63, 3.8) is 0 Å². The van der Waals surface area contributed by atoms with Crippen molar-refractivity contribution in [1.82, 2.24) is 0 Å². The maximum atomic E-state index is 11.2. The first-order valence-corrected chi connectivity index (χ1v) is 9.77. The summed E-state index contributed by atoms with van der Waals surface area (Å²) in [7, 11) is 0. The number of carboxylic acid groups (broad SMARTS) is 1. The lowest BCUT2D eigenvalue weighted by Crippen LogP contribution is -2.59. The van der Waals surface area contributed by atoms with Gasteiger partial charge in [0.1, 0.15) is 12.4 Å². The van der Waals surface area contributed by atoms with Crippen LogP contribution in [0, 0.1) is 0 Å². The van der Waals surface area contributed by atoms with Crippen LogP contribution in [0.3, 0.4) is 0 Å². The van der Waals surface area contributed by atoms with Gasteiger partial charge in [-0.15, -0.1) is 0 Å². The highest BCUT2D eigenvalue weighted by molar-refractivity contribution is 5.81. The average Bonchev–Trinajstić information content (AvgIpc) is 2.96. The van der Waals surface area contributed by atoms with Crippen LogP contribution in [0.2, 0.25) is 0 Å². The first-order chi connectivity index (χ1) is 12.0. The summed E-state index contributed by atoms with van der Waals surface area (Å²) in [5.74, 6) is 0.0415. The van der Waals surface area contributed by atoms with E-state index in [4.69, 9.17) is 5.73 Å². The van der Waals surface area contributed by atoms with Gasteiger partial charge in [-0.1, -0.05) is 51.2 Å². The summed E-state index contributed by atoms with van der Waals surface area (Å²) in [6, 6.07) is 0. The molecule has 0 aromatic rings. The normalized spacial score (nSPS) is 21.0. The molecule has 0 saturated carbocycles. The minimum atomic E-state index is -0.844. The van der Waals surface area contributed by atoms with Crippen molar-refractivity contribution >= 4 is 11.8 Å². The van der Waals surface area contributed by atoms with Gasteiger partial charge in [-0.25, -0.2) is 14.3 Å². The summed E-state index contributed by atoms with van der Waals surface area (Å²) < 4.78 is 0.165. The molecule has 0 aromatic heterocycles. The highest BCUT2D eigenvalue weighted by atomic mass is 16.4. The molecular weight excluding hydrogens is 314 g/mol. The van der Waals surface area contributed by atoms with Gasteiger partial charge in [0.05, 0.1) is 6.20 Å². The lowest BCUT2D eigenvalue weighted by atomic mass is 10.1. The fourth-order valence-electron chi connectivity index (χ4n) is 3.22. The molecule has 0 bridgehead atoms. The Morgan fingerprint density at radius 3 is 2.48 bits per heavy atom. The number of rotatable bonds is 14. The Morgan fingerprint density at radius 2 is 1.84 bits per heavy atom. The van der Waals surface area contributed by atoms with E-state index in [9.17, 15) is 9.90 Å². The number of allylic oxidation sites excluding steroid dienone is 2. The van der Waals surface area contributed by atoms with Crippen molar-refractivity contribution in [2.75, 3.05) is 6.54 Å². The first kappa shape index (κ1) is 21.6. The van der Waals surface area contributed by atoms with E-state index < -0.39 is 5.97 Å². The van der Waals surface area contributed by atoms with E-state index in [2.05, 4.69) is 24.1 Å². The molecule has 142 valence electrons. The standard InChI is InChI=1S/C20H35N3O2/c1-3-4-5-6-7-8-9-10-11-12-13-14-19-22-15-16-23(19,18(2)21)17-20(24)25/h6-7,15-16,18H,3-5,8-14,17,21H2,1-2H3/p+1/b7-6+. The number of nitrogens with two attached hydrogens (primary N) is 1. The molecule has 0 aromatic carbocycles. The third-order valence-corrected chi connectivity index (χ3v) is 4.82. The van der Waals surface area contributed by atoms with Gasteiger partial charge < -0.3 is 5.11 Å². The van der Waals surface area contributed by atoms with Crippen LogP contribution in [-0.2, 0) is 4.79 Å². The van der Waals surface area contributed by atoms with E-state index in [1.165, 1.54) is 44.9 Å². The molecule has 0 aliphatic carbocycles. The number of hydrogen-bond acceptors (Lipinski definition) is 3. The van der Waals surface area contributed by atoms with Gasteiger partial charge in [0.15, 0.2) is 6.54 Å². The Balaban J connectivity index is 2.21. The monoisotopic (exact) mass is 350 g/mol. The van der Waals surface area contributed by atoms with Crippen molar-refractivity contribution < 1.29 is 14.4 Å². The van der Waals surface area contributed by atoms with E-state index in [1.54, 1.807) is 6.20 Å². The summed E-state index contributed by atoms with van der Waals surface area (Å²) >= 11 is 0. The third kappa shape index (κ3) is 7.53. The largest absolute Gasteiger partial charge is 0.477 e. The lowest BCUT2D eigenvalue weighted by Gasteiger charge is -2.34. The second-order valence-electron chi connectivity index (χ2n) is 6.99. The van der Waals surface area contributed by atoms with Crippen molar-refractivity contribution in [3.05, 3.63) is 24.6 Å². The maximum Gasteiger partial charge on any atom is 0.360 e. The molecule has 5 nitrogen and oxygen atoms in total. The van der Waals surface area contributed by atoms with Crippen molar-refractivity contribution in [2.24, 2.45) is 10.7 Å². The van der Waals surface area contributed by atoms with Crippen LogP contribution in [-0.4, -0.2) is 34.1 Å². The van der Waals surface area contributed by atoms with Gasteiger partial charge in [-0.3, -0.25) is 5.73 Å². The average molecular weight is 351 g/mol. The minimum absolute atomic E-state index is 0.0304. The molecule has 1 rings (SSSR count). The highest BCUT2D eigenvalue weighted by Gasteiger charge is 2.40. The summed E-state index contributed by atoms with van der Waals surface area (Å²) in [5.41, 5.74) is 6.07. The Bertz CT molecular complexity index is 483. The highest BCUT2D eigenvalue weighted by Crippen LogP contribution is 2.23. The Labute approximate surface area is 152 Å². The molecule has 0 radical (unpaired) electrons. The lowest BCUT2D eigenvalue weighted by molar-refractivity contribution is -0.805. The second-order valence-corrected chi connectivity index (χ2v) is 6.99.